The maximum atomic E-state index is 13.4. The quantitative estimate of drug-likeness (QED) is 0.635. The van der Waals surface area contributed by atoms with E-state index in [4.69, 9.17) is 16.6 Å². The van der Waals surface area contributed by atoms with Crippen LogP contribution in [0.4, 0.5) is 5.95 Å². The van der Waals surface area contributed by atoms with Crippen molar-refractivity contribution >= 4 is 23.5 Å². The molecule has 0 bridgehead atoms. The molecule has 1 aliphatic rings. The van der Waals surface area contributed by atoms with Crippen LogP contribution in [-0.2, 0) is 7.05 Å². The predicted octanol–water partition coefficient (Wildman–Crippen LogP) is 3.88. The number of nitrogens with zero attached hydrogens (tertiary/aromatic N) is 6. The molecule has 1 aromatic carbocycles. The lowest BCUT2D eigenvalue weighted by atomic mass is 9.99. The van der Waals surface area contributed by atoms with E-state index >= 15 is 0 Å². The lowest BCUT2D eigenvalue weighted by Gasteiger charge is -2.26. The zero-order chi connectivity index (χ0) is 21.4. The minimum atomic E-state index is -0.121. The number of hydrogen-bond donors (Lipinski definition) is 0. The molecule has 3 heterocycles. The van der Waals surface area contributed by atoms with Gasteiger partial charge in [-0.15, -0.1) is 0 Å². The van der Waals surface area contributed by atoms with E-state index in [1.165, 1.54) is 0 Å². The van der Waals surface area contributed by atoms with Crippen LogP contribution in [-0.4, -0.2) is 51.2 Å². The third-order valence-electron chi connectivity index (χ3n) is 5.43. The second-order valence-corrected chi connectivity index (χ2v) is 8.27. The van der Waals surface area contributed by atoms with Crippen LogP contribution in [0.25, 0.3) is 11.1 Å². The molecule has 1 aliphatic heterocycles. The van der Waals surface area contributed by atoms with Gasteiger partial charge in [0, 0.05) is 50.7 Å². The molecule has 1 atom stereocenters. The van der Waals surface area contributed by atoms with Crippen molar-refractivity contribution in [3.8, 4) is 11.1 Å². The van der Waals surface area contributed by atoms with Crippen molar-refractivity contribution in [1.82, 2.24) is 24.6 Å². The molecule has 1 saturated heterocycles. The number of amides is 1. The molecule has 1 amide bonds. The number of benzene rings is 1. The van der Waals surface area contributed by atoms with Gasteiger partial charge in [0.05, 0.1) is 23.0 Å². The maximum absolute atomic E-state index is 13.4. The number of aromatic nitrogens is 4. The number of halogens is 1. The summed E-state index contributed by atoms with van der Waals surface area (Å²) in [6.45, 7) is 2.56. The summed E-state index contributed by atoms with van der Waals surface area (Å²) in [6, 6.07) is 7.52. The van der Waals surface area contributed by atoms with E-state index in [9.17, 15) is 4.79 Å². The van der Waals surface area contributed by atoms with Gasteiger partial charge in [-0.05, 0) is 37.5 Å². The molecule has 0 spiro atoms. The summed E-state index contributed by atoms with van der Waals surface area (Å²) in [5.74, 6) is 0.620. The number of rotatable bonds is 4. The summed E-state index contributed by atoms with van der Waals surface area (Å²) in [4.78, 5) is 26.6. The molecule has 0 unspecified atom stereocenters. The van der Waals surface area contributed by atoms with E-state index in [-0.39, 0.29) is 11.9 Å². The Balaban J connectivity index is 1.78. The molecule has 0 N–H and O–H groups in total. The smallest absolute Gasteiger partial charge is 0.257 e. The van der Waals surface area contributed by atoms with Crippen molar-refractivity contribution in [1.29, 1.82) is 0 Å². The number of likely N-dealkylation sites (tertiary alicyclic amines) is 1. The molecular weight excluding hydrogens is 400 g/mol. The summed E-state index contributed by atoms with van der Waals surface area (Å²) in [7, 11) is 5.66. The second kappa shape index (κ2) is 8.07. The van der Waals surface area contributed by atoms with Gasteiger partial charge in [0.1, 0.15) is 0 Å². The highest BCUT2D eigenvalue weighted by molar-refractivity contribution is 6.30. The van der Waals surface area contributed by atoms with Crippen molar-refractivity contribution in [2.24, 2.45) is 7.05 Å². The summed E-state index contributed by atoms with van der Waals surface area (Å²) in [5.41, 5.74) is 4.15. The normalized spacial score (nSPS) is 16.2. The van der Waals surface area contributed by atoms with Crippen LogP contribution in [0.3, 0.4) is 0 Å². The number of aryl methyl sites for hydroxylation is 2. The van der Waals surface area contributed by atoms with Crippen LogP contribution in [0.1, 0.15) is 40.6 Å². The molecule has 0 saturated carbocycles. The van der Waals surface area contributed by atoms with E-state index in [0.29, 0.717) is 23.1 Å². The number of anilines is 1. The Morgan fingerprint density at radius 2 is 1.97 bits per heavy atom. The van der Waals surface area contributed by atoms with Gasteiger partial charge in [0.15, 0.2) is 0 Å². The van der Waals surface area contributed by atoms with Crippen molar-refractivity contribution in [3.05, 3.63) is 58.6 Å². The molecule has 7 nitrogen and oxygen atoms in total. The summed E-state index contributed by atoms with van der Waals surface area (Å²) in [6.07, 6.45) is 5.42. The lowest BCUT2D eigenvalue weighted by Crippen LogP contribution is -2.32. The van der Waals surface area contributed by atoms with Crippen LogP contribution in [0, 0.1) is 6.92 Å². The largest absolute Gasteiger partial charge is 0.347 e. The Labute approximate surface area is 181 Å². The number of carbonyl (C=O) groups excluding carboxylic acids is 1. The van der Waals surface area contributed by atoms with Gasteiger partial charge in [-0.3, -0.25) is 9.48 Å². The first-order valence-electron chi connectivity index (χ1n) is 9.96. The van der Waals surface area contributed by atoms with Crippen LogP contribution >= 0.6 is 11.6 Å². The van der Waals surface area contributed by atoms with Crippen molar-refractivity contribution in [2.45, 2.75) is 25.8 Å². The van der Waals surface area contributed by atoms with Gasteiger partial charge >= 0.3 is 0 Å². The van der Waals surface area contributed by atoms with Crippen LogP contribution < -0.4 is 4.90 Å². The van der Waals surface area contributed by atoms with Gasteiger partial charge < -0.3 is 9.80 Å². The highest BCUT2D eigenvalue weighted by atomic mass is 35.5. The van der Waals surface area contributed by atoms with Crippen molar-refractivity contribution in [2.75, 3.05) is 25.5 Å². The van der Waals surface area contributed by atoms with E-state index < -0.39 is 0 Å². The van der Waals surface area contributed by atoms with E-state index in [1.54, 1.807) is 10.9 Å². The average molecular weight is 425 g/mol. The van der Waals surface area contributed by atoms with Crippen LogP contribution in [0.15, 0.2) is 36.7 Å². The molecule has 1 fully saturated rings. The monoisotopic (exact) mass is 424 g/mol. The highest BCUT2D eigenvalue weighted by Crippen LogP contribution is 2.38. The molecule has 8 heteroatoms. The minimum absolute atomic E-state index is 0.00447. The third kappa shape index (κ3) is 3.77. The zero-order valence-electron chi connectivity index (χ0n) is 17.6. The van der Waals surface area contributed by atoms with Gasteiger partial charge in [-0.25, -0.2) is 9.97 Å². The molecule has 0 radical (unpaired) electrons. The molecule has 4 rings (SSSR count). The average Bonchev–Trinajstić information content (AvgIpc) is 3.34. The molecular formula is C22H25ClN6O. The zero-order valence-corrected chi connectivity index (χ0v) is 18.4. The number of hydrogen-bond acceptors (Lipinski definition) is 5. The fourth-order valence-electron chi connectivity index (χ4n) is 3.96. The first kappa shape index (κ1) is 20.3. The lowest BCUT2D eigenvalue weighted by molar-refractivity contribution is 0.0732. The van der Waals surface area contributed by atoms with Crippen LogP contribution in [0.5, 0.6) is 0 Å². The summed E-state index contributed by atoms with van der Waals surface area (Å²) in [5, 5.41) is 5.01. The van der Waals surface area contributed by atoms with Gasteiger partial charge in [0.2, 0.25) is 5.95 Å². The third-order valence-corrected chi connectivity index (χ3v) is 5.69. The Morgan fingerprint density at radius 3 is 2.60 bits per heavy atom. The molecule has 0 aliphatic carbocycles. The van der Waals surface area contributed by atoms with Crippen molar-refractivity contribution in [3.63, 3.8) is 0 Å². The SMILES string of the molecule is Cc1nn(C)cc1C(=O)N1CCC[C@@H]1c1nc(N(C)C)ncc1-c1ccc(Cl)cc1. The fraction of sp³-hybridized carbons (Fsp3) is 0.364. The van der Waals surface area contributed by atoms with E-state index in [2.05, 4.69) is 10.1 Å². The van der Waals surface area contributed by atoms with E-state index in [1.807, 2.05) is 68.3 Å². The highest BCUT2D eigenvalue weighted by Gasteiger charge is 2.35. The Bertz CT molecular complexity index is 1080. The van der Waals surface area contributed by atoms with Crippen LogP contribution in [0.2, 0.25) is 5.02 Å². The molecule has 30 heavy (non-hydrogen) atoms. The first-order valence-corrected chi connectivity index (χ1v) is 10.3. The number of carbonyl (C=O) groups is 1. The molecule has 3 aromatic rings. The Morgan fingerprint density at radius 1 is 1.23 bits per heavy atom. The fourth-order valence-corrected chi connectivity index (χ4v) is 4.09. The second-order valence-electron chi connectivity index (χ2n) is 7.83. The van der Waals surface area contributed by atoms with Gasteiger partial charge in [-0.1, -0.05) is 23.7 Å². The minimum Gasteiger partial charge on any atom is -0.347 e. The first-order chi connectivity index (χ1) is 14.3. The summed E-state index contributed by atoms with van der Waals surface area (Å²) >= 11 is 6.08. The van der Waals surface area contributed by atoms with Gasteiger partial charge in [-0.2, -0.15) is 5.10 Å². The maximum Gasteiger partial charge on any atom is 0.257 e. The molecule has 156 valence electrons. The van der Waals surface area contributed by atoms with E-state index in [0.717, 1.165) is 35.4 Å². The standard InChI is InChI=1S/C22H25ClN6O/c1-14-18(13-28(4)26-14)21(30)29-11-5-6-19(29)20-17(12-24-22(25-20)27(2)3)15-7-9-16(23)10-8-15/h7-10,12-13,19H,5-6,11H2,1-4H3/t19-/m1/s1. The Kier molecular flexibility index (Phi) is 5.47. The van der Waals surface area contributed by atoms with Gasteiger partial charge in [0.25, 0.3) is 5.91 Å². The Hall–Kier alpha value is -2.93. The summed E-state index contributed by atoms with van der Waals surface area (Å²) < 4.78 is 1.68. The predicted molar refractivity (Wildman–Crippen MR) is 118 cm³/mol. The van der Waals surface area contributed by atoms with Crippen molar-refractivity contribution < 1.29 is 4.79 Å². The topological polar surface area (TPSA) is 67.2 Å². The molecule has 2 aromatic heterocycles.